The molecule has 4 aliphatic heterocycles. The fraction of sp³-hybridized carbons (Fsp3) is 0.684. The molecular formula is C38H60FN11O11P2S2Si2. The zero-order valence-electron chi connectivity index (χ0n) is 38.6. The maximum Gasteiger partial charge on any atom is 0.407 e. The lowest BCUT2D eigenvalue weighted by molar-refractivity contribution is -0.0601. The molecule has 0 spiro atoms. The van der Waals surface area contributed by atoms with E-state index in [0.717, 1.165) is 23.4 Å². The van der Waals surface area contributed by atoms with E-state index in [0.29, 0.717) is 31.0 Å². The number of anilines is 3. The summed E-state index contributed by atoms with van der Waals surface area (Å²) in [5.74, 6) is 0.786. The predicted octanol–water partition coefficient (Wildman–Crippen LogP) is 5.46. The van der Waals surface area contributed by atoms with Gasteiger partial charge < -0.3 is 63.7 Å². The number of aryl methyl sites for hydroxylation is 1. The Labute approximate surface area is 399 Å². The minimum atomic E-state index is -4.31. The van der Waals surface area contributed by atoms with Crippen LogP contribution < -0.4 is 21.7 Å². The van der Waals surface area contributed by atoms with Crippen molar-refractivity contribution < 1.29 is 55.7 Å². The number of amides is 1. The smallest absolute Gasteiger partial charge is 0.407 e. The number of nitrogen functional groups attached to an aromatic ring is 1. The number of imidazole rings is 1. The van der Waals surface area contributed by atoms with Crippen molar-refractivity contribution in [1.82, 2.24) is 39.4 Å². The molecule has 3 fully saturated rings. The second-order valence-corrected chi connectivity index (χ2v) is 35.6. The fourth-order valence-corrected chi connectivity index (χ4v) is 12.8. The van der Waals surface area contributed by atoms with E-state index in [4.69, 9.17) is 71.1 Å². The Balaban J connectivity index is 1.08. The van der Waals surface area contributed by atoms with E-state index in [-0.39, 0.29) is 41.1 Å². The molecule has 1 amide bonds. The number of ether oxygens (including phenoxy) is 3. The molecule has 0 saturated carbocycles. The molecule has 0 radical (unpaired) electrons. The zero-order chi connectivity index (χ0) is 48.3. The van der Waals surface area contributed by atoms with Gasteiger partial charge in [-0.05, 0) is 66.2 Å². The third-order valence-electron chi connectivity index (χ3n) is 12.5. The largest absolute Gasteiger partial charge is 0.450 e. The number of halogens is 1. The summed E-state index contributed by atoms with van der Waals surface area (Å²) in [4.78, 5) is 58.3. The summed E-state index contributed by atoms with van der Waals surface area (Å²) >= 11 is 11.2. The second-order valence-electron chi connectivity index (χ2n) is 19.7. The van der Waals surface area contributed by atoms with Crippen LogP contribution >= 0.6 is 13.4 Å². The van der Waals surface area contributed by atoms with Crippen LogP contribution in [0.4, 0.5) is 26.8 Å². The van der Waals surface area contributed by atoms with Crippen molar-refractivity contribution in [1.29, 1.82) is 0 Å². The van der Waals surface area contributed by atoms with Crippen LogP contribution in [-0.4, -0.2) is 142 Å². The number of nitrogens with one attached hydrogen (secondary N) is 3. The van der Waals surface area contributed by atoms with Crippen molar-refractivity contribution in [2.45, 2.75) is 127 Å². The topological polar surface area (TPSA) is 268 Å². The van der Waals surface area contributed by atoms with Gasteiger partial charge in [-0.3, -0.25) is 13.6 Å². The second kappa shape index (κ2) is 19.4. The molecule has 67 heavy (non-hydrogen) atoms. The Morgan fingerprint density at radius 1 is 0.985 bits per heavy atom. The number of nitrogens with zero attached hydrogens (tertiary/aromatic N) is 7. The minimum Gasteiger partial charge on any atom is -0.450 e. The van der Waals surface area contributed by atoms with Gasteiger partial charge in [-0.1, -0.05) is 40.4 Å². The summed E-state index contributed by atoms with van der Waals surface area (Å²) in [7, 11) is -4.08. The van der Waals surface area contributed by atoms with Crippen LogP contribution in [0, 0.1) is 0 Å². The van der Waals surface area contributed by atoms with Crippen LogP contribution in [0.3, 0.4) is 0 Å². The van der Waals surface area contributed by atoms with Gasteiger partial charge in [0.15, 0.2) is 38.4 Å². The number of aromatic nitrogens is 7. The average molecular weight is 1050 g/mol. The van der Waals surface area contributed by atoms with Crippen LogP contribution in [0.1, 0.15) is 45.2 Å². The first-order valence-electron chi connectivity index (χ1n) is 22.1. The van der Waals surface area contributed by atoms with Gasteiger partial charge in [0.05, 0.1) is 31.5 Å². The van der Waals surface area contributed by atoms with Gasteiger partial charge in [0, 0.05) is 33.9 Å². The predicted molar refractivity (Wildman–Crippen MR) is 260 cm³/mol. The van der Waals surface area contributed by atoms with E-state index in [2.05, 4.69) is 76.3 Å². The monoisotopic (exact) mass is 1050 g/mol. The van der Waals surface area contributed by atoms with Crippen LogP contribution in [0.25, 0.3) is 22.2 Å². The van der Waals surface area contributed by atoms with E-state index >= 15 is 4.39 Å². The third-order valence-corrected chi connectivity index (χ3v) is 21.8. The van der Waals surface area contributed by atoms with E-state index in [1.165, 1.54) is 12.7 Å². The molecule has 7 N–H and O–H groups in total. The van der Waals surface area contributed by atoms with Crippen molar-refractivity contribution in [3.05, 3.63) is 24.4 Å². The minimum absolute atomic E-state index is 0.0396. The van der Waals surface area contributed by atoms with Gasteiger partial charge in [-0.25, -0.2) is 24.1 Å². The summed E-state index contributed by atoms with van der Waals surface area (Å²) in [6.07, 6.45) is -4.97. The van der Waals surface area contributed by atoms with Crippen molar-refractivity contribution >= 4 is 99.3 Å². The molecular weight excluding hydrogens is 988 g/mol. The van der Waals surface area contributed by atoms with E-state index < -0.39 is 98.3 Å². The highest BCUT2D eigenvalue weighted by Crippen LogP contribution is 2.56. The number of nitrogens with two attached hydrogens (primary N) is 1. The molecule has 4 aromatic rings. The van der Waals surface area contributed by atoms with Gasteiger partial charge in [0.25, 0.3) is 0 Å². The van der Waals surface area contributed by atoms with E-state index in [1.54, 1.807) is 15.3 Å². The number of hydrogen-bond acceptors (Lipinski definition) is 19. The molecule has 0 aliphatic carbocycles. The molecule has 10 atom stereocenters. The molecule has 4 aromatic heterocycles. The van der Waals surface area contributed by atoms with Gasteiger partial charge in [0.1, 0.15) is 53.8 Å². The number of alkyl carbamates (subject to hydrolysis) is 1. The average Bonchev–Trinajstić information content (AvgIpc) is 3.94. The SMILES string of the molecule is CC(C)(C)[Si](C)(C)O[C@H]1[C@H]2OP(O)(=S)OC[C@H]3O[C@@H](n4cc5c6c(ncnc64)NCCC5)[C@H](F)[C@@H]3OP(O)(=S)OC[C@H]1O[C@H]2n1cnc2c(N)nc(NCCNC(=O)OCC[Si](C)(C)C)nc21. The Morgan fingerprint density at radius 3 is 2.40 bits per heavy atom. The Morgan fingerprint density at radius 2 is 1.69 bits per heavy atom. The summed E-state index contributed by atoms with van der Waals surface area (Å²) in [5, 5.41) is 9.50. The lowest BCUT2D eigenvalue weighted by atomic mass is 10.1. The van der Waals surface area contributed by atoms with Crippen LogP contribution in [-0.2, 0) is 66.8 Å². The Kier molecular flexibility index (Phi) is 14.6. The lowest BCUT2D eigenvalue weighted by Crippen LogP contribution is -2.50. The third kappa shape index (κ3) is 11.2. The highest BCUT2D eigenvalue weighted by atomic mass is 32.5. The van der Waals surface area contributed by atoms with Crippen molar-refractivity contribution in [3.8, 4) is 0 Å². The summed E-state index contributed by atoms with van der Waals surface area (Å²) < 4.78 is 69.7. The standard InChI is InChI=1S/C38H60FN11O11P2S2Si2/c1-38(2,3)67(7,8)61-28-23-18-56-62(52,64)59-27-22(57-34(25(27)39)49-16-21-10-9-11-41-31-24(21)32(49)45-19-44-31)17-55-63(53,65)60-29(28)35(58-23)50-20-46-26-30(40)47-36(48-33(26)50)42-12-13-43-37(51)54-14-15-66(4,5)6/h16,19-20,22-23,25,27-29,34-35H,9-15,17-18H2,1-8H3,(H,43,51)(H,52,64)(H,53,65)(H,41,44,45)(H3,40,42,47,48)/t22-,23-,25-,27-,28-,29-,34-,35-,62?,63?/m1/s1. The maximum atomic E-state index is 16.9. The van der Waals surface area contributed by atoms with Gasteiger partial charge in [0.2, 0.25) is 5.95 Å². The van der Waals surface area contributed by atoms with Crippen LogP contribution in [0.5, 0.6) is 0 Å². The highest BCUT2D eigenvalue weighted by Gasteiger charge is 2.56. The normalized spacial score (nSPS) is 30.7. The number of fused-ring (bicyclic) bond motifs is 4. The van der Waals surface area contributed by atoms with Crippen molar-refractivity contribution in [3.63, 3.8) is 0 Å². The molecule has 29 heteroatoms. The number of rotatable bonds is 11. The van der Waals surface area contributed by atoms with Crippen LogP contribution in [0.15, 0.2) is 18.9 Å². The summed E-state index contributed by atoms with van der Waals surface area (Å²) in [6.45, 7) is 8.73. The molecule has 0 aromatic carbocycles. The molecule has 2 unspecified atom stereocenters. The van der Waals surface area contributed by atoms with Gasteiger partial charge >= 0.3 is 19.5 Å². The number of hydrogen-bond donors (Lipinski definition) is 6. The first kappa shape index (κ1) is 50.5. The van der Waals surface area contributed by atoms with Crippen molar-refractivity contribution in [2.75, 3.05) is 55.8 Å². The molecule has 370 valence electrons. The number of carbonyl (C=O) groups is 1. The molecule has 2 bridgehead atoms. The molecule has 22 nitrogen and oxygen atoms in total. The van der Waals surface area contributed by atoms with Gasteiger partial charge in [-0.2, -0.15) is 9.97 Å². The summed E-state index contributed by atoms with van der Waals surface area (Å²) in [5.41, 5.74) is 8.19. The fourth-order valence-electron chi connectivity index (χ4n) is 7.93. The van der Waals surface area contributed by atoms with Crippen molar-refractivity contribution in [2.24, 2.45) is 0 Å². The highest BCUT2D eigenvalue weighted by molar-refractivity contribution is 8.07. The molecule has 8 heterocycles. The quantitative estimate of drug-likeness (QED) is 0.0618. The zero-order valence-corrected chi connectivity index (χ0v) is 44.0. The van der Waals surface area contributed by atoms with Gasteiger partial charge in [-0.15, -0.1) is 0 Å². The first-order valence-corrected chi connectivity index (χ1v) is 33.9. The Bertz CT molecular complexity index is 2570. The molecule has 4 aliphatic rings. The maximum absolute atomic E-state index is 16.9. The summed E-state index contributed by atoms with van der Waals surface area (Å²) in [6, 6.07) is 0.847. The molecule has 8 rings (SSSR count). The van der Waals surface area contributed by atoms with Crippen LogP contribution in [0.2, 0.25) is 43.8 Å². The lowest BCUT2D eigenvalue weighted by Gasteiger charge is -2.40. The number of alkyl halides is 1. The van der Waals surface area contributed by atoms with E-state index in [9.17, 15) is 14.6 Å². The Hall–Kier alpha value is -2.86. The molecule has 3 saturated heterocycles. The first-order chi connectivity index (χ1) is 31.4. The van der Waals surface area contributed by atoms with E-state index in [1.807, 2.05) is 13.1 Å². The number of carbonyl (C=O) groups excluding carboxylic acids is 1.